The minimum atomic E-state index is -3.92. The molecule has 8 nitrogen and oxygen atoms in total. The summed E-state index contributed by atoms with van der Waals surface area (Å²) < 4.78 is 45.4. The maximum atomic E-state index is 13.7. The lowest BCUT2D eigenvalue weighted by molar-refractivity contribution is 0.0951. The smallest absolute Gasteiger partial charge is 0.251 e. The number of hydrogen-bond donors (Lipinski definition) is 1. The quantitative estimate of drug-likeness (QED) is 0.398. The van der Waals surface area contributed by atoms with Crippen LogP contribution in [-0.4, -0.2) is 37.9 Å². The highest BCUT2D eigenvalue weighted by molar-refractivity contribution is 7.89. The molecule has 1 amide bonds. The lowest BCUT2D eigenvalue weighted by atomic mass is 10.1. The van der Waals surface area contributed by atoms with E-state index >= 15 is 0 Å². The van der Waals surface area contributed by atoms with Crippen molar-refractivity contribution in [3.05, 3.63) is 77.7 Å². The standard InChI is InChI=1S/C26H30N2O6S/c1-3-32-24-14-13-23(16-25(24)33-4-2)35(30,31)28(18-22-6-5-15-34-22)17-19-7-9-20(10-8-19)26(29)27-21-11-12-21/h5-10,13-16,21H,3-4,11-12,17-18H2,1-2H3,(H,27,29). The van der Waals surface area contributed by atoms with Crippen molar-refractivity contribution in [2.45, 2.75) is 50.7 Å². The lowest BCUT2D eigenvalue weighted by Gasteiger charge is -2.22. The van der Waals surface area contributed by atoms with Crippen LogP contribution in [0, 0.1) is 0 Å². The minimum absolute atomic E-state index is 0.0520. The van der Waals surface area contributed by atoms with E-state index in [0.717, 1.165) is 18.4 Å². The number of amides is 1. The van der Waals surface area contributed by atoms with Crippen molar-refractivity contribution in [3.8, 4) is 11.5 Å². The number of ether oxygens (including phenoxy) is 2. The number of nitrogens with zero attached hydrogens (tertiary/aromatic N) is 1. The number of hydrogen-bond acceptors (Lipinski definition) is 6. The molecule has 1 heterocycles. The van der Waals surface area contributed by atoms with Crippen LogP contribution in [0.15, 0.2) is 70.2 Å². The summed E-state index contributed by atoms with van der Waals surface area (Å²) in [4.78, 5) is 12.4. The van der Waals surface area contributed by atoms with Crippen LogP contribution in [0.2, 0.25) is 0 Å². The van der Waals surface area contributed by atoms with Crippen LogP contribution in [0.3, 0.4) is 0 Å². The third kappa shape index (κ3) is 6.23. The van der Waals surface area contributed by atoms with E-state index in [1.165, 1.54) is 22.7 Å². The Morgan fingerprint density at radius 3 is 2.34 bits per heavy atom. The van der Waals surface area contributed by atoms with Crippen LogP contribution < -0.4 is 14.8 Å². The molecule has 0 atom stereocenters. The van der Waals surface area contributed by atoms with Crippen molar-refractivity contribution in [2.75, 3.05) is 13.2 Å². The fourth-order valence-electron chi connectivity index (χ4n) is 3.60. The molecule has 1 aromatic heterocycles. The second-order valence-corrected chi connectivity index (χ2v) is 10.2. The highest BCUT2D eigenvalue weighted by Gasteiger charge is 2.28. The van der Waals surface area contributed by atoms with Crippen molar-refractivity contribution in [1.82, 2.24) is 9.62 Å². The molecule has 0 bridgehead atoms. The Morgan fingerprint density at radius 1 is 1.00 bits per heavy atom. The average molecular weight is 499 g/mol. The number of nitrogens with one attached hydrogen (secondary N) is 1. The van der Waals surface area contributed by atoms with Crippen LogP contribution in [-0.2, 0) is 23.1 Å². The first kappa shape index (κ1) is 24.8. The molecule has 9 heteroatoms. The molecule has 186 valence electrons. The van der Waals surface area contributed by atoms with E-state index in [2.05, 4.69) is 5.32 Å². The van der Waals surface area contributed by atoms with Gasteiger partial charge in [0.05, 0.1) is 30.9 Å². The third-order valence-corrected chi connectivity index (χ3v) is 7.34. The van der Waals surface area contributed by atoms with Gasteiger partial charge in [0.2, 0.25) is 10.0 Å². The number of furan rings is 1. The van der Waals surface area contributed by atoms with Crippen molar-refractivity contribution >= 4 is 15.9 Å². The first-order chi connectivity index (χ1) is 16.9. The first-order valence-electron chi connectivity index (χ1n) is 11.7. The minimum Gasteiger partial charge on any atom is -0.490 e. The summed E-state index contributed by atoms with van der Waals surface area (Å²) in [7, 11) is -3.92. The second-order valence-electron chi connectivity index (χ2n) is 8.27. The van der Waals surface area contributed by atoms with Crippen molar-refractivity contribution in [2.24, 2.45) is 0 Å². The number of benzene rings is 2. The van der Waals surface area contributed by atoms with Gasteiger partial charge in [0.15, 0.2) is 11.5 Å². The van der Waals surface area contributed by atoms with Crippen LogP contribution in [0.4, 0.5) is 0 Å². The predicted molar refractivity (Wildman–Crippen MR) is 131 cm³/mol. The maximum absolute atomic E-state index is 13.7. The van der Waals surface area contributed by atoms with Crippen LogP contribution in [0.25, 0.3) is 0 Å². The average Bonchev–Trinajstić information content (AvgIpc) is 3.51. The van der Waals surface area contributed by atoms with Crippen LogP contribution in [0.1, 0.15) is 48.4 Å². The topological polar surface area (TPSA) is 98.1 Å². The molecule has 1 aliphatic carbocycles. The van der Waals surface area contributed by atoms with E-state index < -0.39 is 10.0 Å². The molecular weight excluding hydrogens is 468 g/mol. The van der Waals surface area contributed by atoms with Gasteiger partial charge in [-0.2, -0.15) is 4.31 Å². The van der Waals surface area contributed by atoms with Crippen LogP contribution in [0.5, 0.6) is 11.5 Å². The van der Waals surface area contributed by atoms with Gasteiger partial charge in [0.1, 0.15) is 5.76 Å². The zero-order chi connectivity index (χ0) is 24.8. The molecule has 3 aromatic rings. The Kier molecular flexibility index (Phi) is 7.77. The molecule has 1 N–H and O–H groups in total. The van der Waals surface area contributed by atoms with E-state index in [1.807, 2.05) is 13.8 Å². The summed E-state index contributed by atoms with van der Waals surface area (Å²) in [5.74, 6) is 1.27. The third-order valence-electron chi connectivity index (χ3n) is 5.55. The number of sulfonamides is 1. The zero-order valence-corrected chi connectivity index (χ0v) is 20.7. The summed E-state index contributed by atoms with van der Waals surface area (Å²) in [6.45, 7) is 4.65. The molecule has 0 unspecified atom stereocenters. The van der Waals surface area contributed by atoms with Gasteiger partial charge in [-0.3, -0.25) is 4.79 Å². The fourth-order valence-corrected chi connectivity index (χ4v) is 5.02. The molecule has 0 spiro atoms. The summed E-state index contributed by atoms with van der Waals surface area (Å²) in [6.07, 6.45) is 3.54. The molecule has 4 rings (SSSR count). The van der Waals surface area contributed by atoms with Crippen molar-refractivity contribution in [1.29, 1.82) is 0 Å². The summed E-state index contributed by atoms with van der Waals surface area (Å²) in [6, 6.07) is 15.3. The lowest BCUT2D eigenvalue weighted by Crippen LogP contribution is -2.30. The van der Waals surface area contributed by atoms with Gasteiger partial charge < -0.3 is 19.2 Å². The molecule has 0 saturated heterocycles. The summed E-state index contributed by atoms with van der Waals surface area (Å²) in [5, 5.41) is 2.96. The fraction of sp³-hybridized carbons (Fsp3) is 0.346. The zero-order valence-electron chi connectivity index (χ0n) is 19.9. The molecule has 2 aromatic carbocycles. The van der Waals surface area contributed by atoms with Gasteiger partial charge in [0.25, 0.3) is 5.91 Å². The number of rotatable bonds is 12. The molecule has 1 fully saturated rings. The predicted octanol–water partition coefficient (Wildman–Crippen LogP) is 4.36. The van der Waals surface area contributed by atoms with Crippen molar-refractivity contribution in [3.63, 3.8) is 0 Å². The molecule has 1 saturated carbocycles. The largest absolute Gasteiger partial charge is 0.490 e. The van der Waals surface area contributed by atoms with Gasteiger partial charge in [-0.05, 0) is 68.7 Å². The first-order valence-corrected chi connectivity index (χ1v) is 13.2. The molecule has 1 aliphatic rings. The van der Waals surface area contributed by atoms with E-state index in [-0.39, 0.29) is 29.9 Å². The Hall–Kier alpha value is -3.30. The van der Waals surface area contributed by atoms with E-state index in [4.69, 9.17) is 13.9 Å². The molecular formula is C26H30N2O6S. The summed E-state index contributed by atoms with van der Waals surface area (Å²) in [5.41, 5.74) is 1.30. The Morgan fingerprint density at radius 2 is 1.71 bits per heavy atom. The Labute approximate surface area is 205 Å². The van der Waals surface area contributed by atoms with Gasteiger partial charge in [0, 0.05) is 24.2 Å². The van der Waals surface area contributed by atoms with E-state index in [0.29, 0.717) is 36.0 Å². The van der Waals surface area contributed by atoms with Gasteiger partial charge >= 0.3 is 0 Å². The monoisotopic (exact) mass is 498 g/mol. The number of carbonyl (C=O) groups excluding carboxylic acids is 1. The highest BCUT2D eigenvalue weighted by atomic mass is 32.2. The van der Waals surface area contributed by atoms with Crippen LogP contribution >= 0.6 is 0 Å². The van der Waals surface area contributed by atoms with Gasteiger partial charge in [-0.1, -0.05) is 12.1 Å². The van der Waals surface area contributed by atoms with Gasteiger partial charge in [-0.15, -0.1) is 0 Å². The molecule has 0 radical (unpaired) electrons. The number of carbonyl (C=O) groups is 1. The molecule has 0 aliphatic heterocycles. The normalized spacial score (nSPS) is 13.6. The highest BCUT2D eigenvalue weighted by Crippen LogP contribution is 2.32. The second kappa shape index (κ2) is 11.0. The Balaban J connectivity index is 1.60. The SMILES string of the molecule is CCOc1ccc(S(=O)(=O)N(Cc2ccc(C(=O)NC3CC3)cc2)Cc2ccco2)cc1OCC. The van der Waals surface area contributed by atoms with Gasteiger partial charge in [-0.25, -0.2) is 8.42 Å². The van der Waals surface area contributed by atoms with Crippen molar-refractivity contribution < 1.29 is 27.1 Å². The van der Waals surface area contributed by atoms with E-state index in [9.17, 15) is 13.2 Å². The Bertz CT molecular complexity index is 1240. The van der Waals surface area contributed by atoms with E-state index in [1.54, 1.807) is 42.5 Å². The molecule has 35 heavy (non-hydrogen) atoms. The summed E-state index contributed by atoms with van der Waals surface area (Å²) >= 11 is 0. The maximum Gasteiger partial charge on any atom is 0.251 e.